The van der Waals surface area contributed by atoms with Gasteiger partial charge in [-0.25, -0.2) is 4.98 Å². The van der Waals surface area contributed by atoms with Crippen LogP contribution >= 0.6 is 0 Å². The standard InChI is InChI=1S/C21H19N3O2/c1-14-22-20-18(24(14)3)11-10-17(15-9-12-19(25)23(2)13-15)21(20)26-16-7-5-4-6-8-16/h4-13H,1-3H3. The summed E-state index contributed by atoms with van der Waals surface area (Å²) in [6, 6.07) is 17.1. The van der Waals surface area contributed by atoms with Gasteiger partial charge in [-0.05, 0) is 37.3 Å². The fourth-order valence-electron chi connectivity index (χ4n) is 3.04. The average Bonchev–Trinajstić information content (AvgIpc) is 2.94. The maximum absolute atomic E-state index is 11.8. The molecule has 5 heteroatoms. The van der Waals surface area contributed by atoms with Crippen LogP contribution in [-0.2, 0) is 14.1 Å². The lowest BCUT2D eigenvalue weighted by Gasteiger charge is -2.13. The van der Waals surface area contributed by atoms with Gasteiger partial charge in [0.1, 0.15) is 17.1 Å². The third kappa shape index (κ3) is 2.67. The number of rotatable bonds is 3. The molecule has 2 heterocycles. The minimum Gasteiger partial charge on any atom is -0.454 e. The minimum atomic E-state index is -0.0472. The van der Waals surface area contributed by atoms with Crippen molar-refractivity contribution in [1.29, 1.82) is 0 Å². The number of fused-ring (bicyclic) bond motifs is 1. The summed E-state index contributed by atoms with van der Waals surface area (Å²) in [6.07, 6.45) is 1.82. The number of nitrogens with zero attached hydrogens (tertiary/aromatic N) is 3. The summed E-state index contributed by atoms with van der Waals surface area (Å²) in [7, 11) is 3.73. The highest BCUT2D eigenvalue weighted by Gasteiger charge is 2.17. The molecule has 130 valence electrons. The van der Waals surface area contributed by atoms with Gasteiger partial charge in [0.25, 0.3) is 0 Å². The van der Waals surface area contributed by atoms with Gasteiger partial charge in [-0.3, -0.25) is 4.79 Å². The van der Waals surface area contributed by atoms with Crippen LogP contribution in [-0.4, -0.2) is 14.1 Å². The fraction of sp³-hybridized carbons (Fsp3) is 0.143. The molecule has 0 bridgehead atoms. The highest BCUT2D eigenvalue weighted by Crippen LogP contribution is 2.39. The van der Waals surface area contributed by atoms with Crippen molar-refractivity contribution in [3.8, 4) is 22.6 Å². The number of benzene rings is 2. The van der Waals surface area contributed by atoms with Crippen molar-refractivity contribution in [2.75, 3.05) is 0 Å². The van der Waals surface area contributed by atoms with Gasteiger partial charge in [0, 0.05) is 37.5 Å². The molecule has 4 rings (SSSR count). The number of aryl methyl sites for hydroxylation is 3. The van der Waals surface area contributed by atoms with Crippen LogP contribution in [0.15, 0.2) is 65.6 Å². The molecular weight excluding hydrogens is 326 g/mol. The summed E-state index contributed by atoms with van der Waals surface area (Å²) >= 11 is 0. The lowest BCUT2D eigenvalue weighted by atomic mass is 10.1. The molecule has 0 saturated heterocycles. The van der Waals surface area contributed by atoms with E-state index in [1.807, 2.05) is 73.3 Å². The number of imidazole rings is 1. The molecule has 0 spiro atoms. The van der Waals surface area contributed by atoms with E-state index < -0.39 is 0 Å². The zero-order chi connectivity index (χ0) is 18.3. The number of pyridine rings is 1. The van der Waals surface area contributed by atoms with Crippen molar-refractivity contribution in [2.45, 2.75) is 6.92 Å². The first-order valence-corrected chi connectivity index (χ1v) is 8.40. The van der Waals surface area contributed by atoms with Crippen LogP contribution in [0.2, 0.25) is 0 Å². The molecule has 4 aromatic rings. The molecule has 0 N–H and O–H groups in total. The first-order valence-electron chi connectivity index (χ1n) is 8.40. The van der Waals surface area contributed by atoms with Crippen molar-refractivity contribution in [3.05, 3.63) is 77.0 Å². The number of hydrogen-bond acceptors (Lipinski definition) is 3. The maximum atomic E-state index is 11.8. The Morgan fingerprint density at radius 1 is 0.962 bits per heavy atom. The van der Waals surface area contributed by atoms with Crippen molar-refractivity contribution < 1.29 is 4.74 Å². The van der Waals surface area contributed by atoms with Crippen molar-refractivity contribution >= 4 is 11.0 Å². The van der Waals surface area contributed by atoms with E-state index in [1.54, 1.807) is 17.7 Å². The Morgan fingerprint density at radius 3 is 2.46 bits per heavy atom. The highest BCUT2D eigenvalue weighted by atomic mass is 16.5. The average molecular weight is 345 g/mol. The van der Waals surface area contributed by atoms with Crippen LogP contribution < -0.4 is 10.3 Å². The molecule has 0 fully saturated rings. The van der Waals surface area contributed by atoms with Crippen LogP contribution in [0, 0.1) is 6.92 Å². The Labute approximate surface area is 151 Å². The largest absolute Gasteiger partial charge is 0.454 e. The summed E-state index contributed by atoms with van der Waals surface area (Å²) in [6.45, 7) is 1.97. The second kappa shape index (κ2) is 6.19. The lowest BCUT2D eigenvalue weighted by molar-refractivity contribution is 0.489. The Kier molecular flexibility index (Phi) is 3.84. The Hall–Kier alpha value is -3.34. The molecule has 0 aliphatic heterocycles. The van der Waals surface area contributed by atoms with Crippen LogP contribution in [0.4, 0.5) is 0 Å². The van der Waals surface area contributed by atoms with E-state index >= 15 is 0 Å². The maximum Gasteiger partial charge on any atom is 0.250 e. The van der Waals surface area contributed by atoms with Gasteiger partial charge < -0.3 is 13.9 Å². The van der Waals surface area contributed by atoms with Crippen LogP contribution in [0.5, 0.6) is 11.5 Å². The first-order chi connectivity index (χ1) is 12.5. The third-order valence-corrected chi connectivity index (χ3v) is 4.59. The molecule has 0 aliphatic rings. The number of hydrogen-bond donors (Lipinski definition) is 0. The molecule has 0 unspecified atom stereocenters. The zero-order valence-electron chi connectivity index (χ0n) is 14.9. The lowest BCUT2D eigenvalue weighted by Crippen LogP contribution is -2.14. The molecule has 0 saturated carbocycles. The predicted molar refractivity (Wildman–Crippen MR) is 103 cm³/mol. The van der Waals surface area contributed by atoms with Gasteiger partial charge in [0.05, 0.1) is 5.52 Å². The summed E-state index contributed by atoms with van der Waals surface area (Å²) < 4.78 is 9.86. The van der Waals surface area contributed by atoms with E-state index in [0.717, 1.165) is 33.7 Å². The molecule has 2 aromatic carbocycles. The normalized spacial score (nSPS) is 11.0. The molecule has 0 aliphatic carbocycles. The van der Waals surface area contributed by atoms with E-state index in [9.17, 15) is 4.79 Å². The SMILES string of the molecule is Cc1nc2c(Oc3ccccc3)c(-c3ccc(=O)n(C)c3)ccc2n1C. The predicted octanol–water partition coefficient (Wildman–Crippen LogP) is 4.04. The Balaban J connectivity index is 1.98. The van der Waals surface area contributed by atoms with E-state index in [-0.39, 0.29) is 5.56 Å². The van der Waals surface area contributed by atoms with E-state index in [4.69, 9.17) is 9.72 Å². The zero-order valence-corrected chi connectivity index (χ0v) is 14.9. The molecular formula is C21H19N3O2. The molecule has 0 atom stereocenters. The van der Waals surface area contributed by atoms with Gasteiger partial charge >= 0.3 is 0 Å². The highest BCUT2D eigenvalue weighted by molar-refractivity contribution is 5.91. The molecule has 26 heavy (non-hydrogen) atoms. The third-order valence-electron chi connectivity index (χ3n) is 4.59. The smallest absolute Gasteiger partial charge is 0.250 e. The van der Waals surface area contributed by atoms with Crippen LogP contribution in [0.3, 0.4) is 0 Å². The van der Waals surface area contributed by atoms with Crippen molar-refractivity contribution in [1.82, 2.24) is 14.1 Å². The summed E-state index contributed by atoms with van der Waals surface area (Å²) in [5.41, 5.74) is 3.56. The first kappa shape index (κ1) is 16.1. The minimum absolute atomic E-state index is 0.0472. The topological polar surface area (TPSA) is 49.0 Å². The summed E-state index contributed by atoms with van der Waals surface area (Å²) in [4.78, 5) is 16.5. The second-order valence-corrected chi connectivity index (χ2v) is 6.31. The van der Waals surface area contributed by atoms with Gasteiger partial charge in [0.15, 0.2) is 5.75 Å². The monoisotopic (exact) mass is 345 g/mol. The molecule has 2 aromatic heterocycles. The Bertz CT molecular complexity index is 1160. The quantitative estimate of drug-likeness (QED) is 0.563. The van der Waals surface area contributed by atoms with Gasteiger partial charge in [-0.15, -0.1) is 0 Å². The van der Waals surface area contributed by atoms with Crippen LogP contribution in [0.25, 0.3) is 22.2 Å². The van der Waals surface area contributed by atoms with E-state index in [1.165, 1.54) is 0 Å². The number of ether oxygens (including phenoxy) is 1. The van der Waals surface area contributed by atoms with Crippen molar-refractivity contribution in [2.24, 2.45) is 14.1 Å². The van der Waals surface area contributed by atoms with Crippen molar-refractivity contribution in [3.63, 3.8) is 0 Å². The molecule has 0 amide bonds. The van der Waals surface area contributed by atoms with E-state index in [0.29, 0.717) is 5.75 Å². The molecule has 5 nitrogen and oxygen atoms in total. The second-order valence-electron chi connectivity index (χ2n) is 6.31. The van der Waals surface area contributed by atoms with Gasteiger partial charge in [-0.1, -0.05) is 18.2 Å². The van der Waals surface area contributed by atoms with Gasteiger partial charge in [0.2, 0.25) is 5.56 Å². The molecule has 0 radical (unpaired) electrons. The number of para-hydroxylation sites is 1. The summed E-state index contributed by atoms with van der Waals surface area (Å²) in [5.74, 6) is 2.35. The number of aromatic nitrogens is 3. The summed E-state index contributed by atoms with van der Waals surface area (Å²) in [5, 5.41) is 0. The Morgan fingerprint density at radius 2 is 1.73 bits per heavy atom. The van der Waals surface area contributed by atoms with Crippen LogP contribution in [0.1, 0.15) is 5.82 Å². The van der Waals surface area contributed by atoms with Gasteiger partial charge in [-0.2, -0.15) is 0 Å². The fourth-order valence-corrected chi connectivity index (χ4v) is 3.04. The van der Waals surface area contributed by atoms with E-state index in [2.05, 4.69) is 0 Å².